The number of nitrogens with one attached hydrogen (secondary N) is 1. The Balaban J connectivity index is 1.30. The van der Waals surface area contributed by atoms with E-state index >= 15 is 0 Å². The van der Waals surface area contributed by atoms with E-state index in [0.29, 0.717) is 16.0 Å². The van der Waals surface area contributed by atoms with Crippen molar-refractivity contribution in [2.45, 2.75) is 70.6 Å². The Morgan fingerprint density at radius 2 is 1.59 bits per heavy atom. The minimum atomic E-state index is -2.67. The molecule has 3 aromatic heterocycles. The van der Waals surface area contributed by atoms with Crippen LogP contribution in [0.3, 0.4) is 0 Å². The lowest BCUT2D eigenvalue weighted by atomic mass is 9.92. The zero-order valence-electron chi connectivity index (χ0n) is 25.6. The van der Waals surface area contributed by atoms with E-state index in [9.17, 15) is 9.59 Å². The number of amides is 1. The third-order valence-electron chi connectivity index (χ3n) is 8.70. The lowest BCUT2D eigenvalue weighted by Gasteiger charge is -2.46. The lowest BCUT2D eigenvalue weighted by molar-refractivity contribution is 0.102. The van der Waals surface area contributed by atoms with Crippen LogP contribution < -0.4 is 21.1 Å². The molecule has 1 fully saturated rings. The normalized spacial score (nSPS) is 17.5. The molecule has 1 aliphatic carbocycles. The van der Waals surface area contributed by atoms with E-state index < -0.39 is 14.2 Å². The molecule has 0 bridgehead atoms. The quantitative estimate of drug-likeness (QED) is 0.210. The summed E-state index contributed by atoms with van der Waals surface area (Å²) in [6.45, 7) is 8.80. The van der Waals surface area contributed by atoms with Crippen LogP contribution >= 0.6 is 11.5 Å². The van der Waals surface area contributed by atoms with Crippen molar-refractivity contribution in [3.8, 4) is 0 Å². The standard InChI is InChI=1S/C35H38N4O3SSi/c1-24-22-31(43-38-24)37-34(41)30-23-39(33-29(32(30)40)16-11-21-36-33)25-17-19-26(20-18-25)42-44(35(2,3)4,27-12-7-5-8-13-27)28-14-9-6-10-15-28/h5-16,21-23,25-26H,17-20H2,1-4H3,(H,37,41)/t25-,26-. The first kappa shape index (κ1) is 30.1. The molecule has 7 nitrogen and oxygen atoms in total. The number of aromatic nitrogens is 3. The van der Waals surface area contributed by atoms with Crippen molar-refractivity contribution in [3.63, 3.8) is 0 Å². The van der Waals surface area contributed by atoms with Gasteiger partial charge in [0.2, 0.25) is 5.43 Å². The van der Waals surface area contributed by atoms with Crippen LogP contribution in [0.5, 0.6) is 0 Å². The zero-order chi connectivity index (χ0) is 30.9. The predicted octanol–water partition coefficient (Wildman–Crippen LogP) is 6.47. The Hall–Kier alpha value is -3.92. The van der Waals surface area contributed by atoms with Gasteiger partial charge in [-0.15, -0.1) is 0 Å². The van der Waals surface area contributed by atoms with Crippen molar-refractivity contribution in [3.05, 3.63) is 113 Å². The molecule has 0 atom stereocenters. The number of rotatable bonds is 7. The number of fused-ring (bicyclic) bond motifs is 1. The Kier molecular flexibility index (Phi) is 8.37. The number of aryl methyl sites for hydroxylation is 1. The topological polar surface area (TPSA) is 86.1 Å². The van der Waals surface area contributed by atoms with Crippen molar-refractivity contribution < 1.29 is 9.22 Å². The molecule has 1 amide bonds. The molecule has 0 radical (unpaired) electrons. The molecule has 1 aliphatic rings. The first-order chi connectivity index (χ1) is 21.2. The van der Waals surface area contributed by atoms with Gasteiger partial charge in [0.1, 0.15) is 16.2 Å². The van der Waals surface area contributed by atoms with Gasteiger partial charge in [-0.25, -0.2) is 4.98 Å². The summed E-state index contributed by atoms with van der Waals surface area (Å²) in [5, 5.41) is 6.40. The molecule has 0 saturated heterocycles. The fourth-order valence-electron chi connectivity index (χ4n) is 6.61. The maximum absolute atomic E-state index is 13.4. The van der Waals surface area contributed by atoms with Crippen LogP contribution in [0.1, 0.15) is 68.5 Å². The minimum absolute atomic E-state index is 0.0872. The highest BCUT2D eigenvalue weighted by Crippen LogP contribution is 2.40. The molecule has 226 valence electrons. The molecule has 1 saturated carbocycles. The molecule has 0 aliphatic heterocycles. The van der Waals surface area contributed by atoms with Gasteiger partial charge in [-0.1, -0.05) is 81.4 Å². The van der Waals surface area contributed by atoms with Gasteiger partial charge in [0.05, 0.1) is 11.1 Å². The van der Waals surface area contributed by atoms with Crippen LogP contribution in [-0.4, -0.2) is 34.3 Å². The molecule has 44 heavy (non-hydrogen) atoms. The lowest BCUT2D eigenvalue weighted by Crippen LogP contribution is -2.67. The van der Waals surface area contributed by atoms with Crippen LogP contribution in [0.25, 0.3) is 11.0 Å². The van der Waals surface area contributed by atoms with E-state index in [4.69, 9.17) is 4.43 Å². The summed E-state index contributed by atoms with van der Waals surface area (Å²) in [4.78, 5) is 31.3. The first-order valence-electron chi connectivity index (χ1n) is 15.2. The fraction of sp³-hybridized carbons (Fsp3) is 0.314. The summed E-state index contributed by atoms with van der Waals surface area (Å²) in [7, 11) is -2.67. The van der Waals surface area contributed by atoms with Gasteiger partial charge in [-0.3, -0.25) is 9.59 Å². The number of nitrogens with zero attached hydrogens (tertiary/aromatic N) is 3. The molecule has 1 N–H and O–H groups in total. The van der Waals surface area contributed by atoms with Crippen molar-refractivity contribution in [2.24, 2.45) is 0 Å². The highest BCUT2D eigenvalue weighted by molar-refractivity contribution is 7.10. The predicted molar refractivity (Wildman–Crippen MR) is 181 cm³/mol. The van der Waals surface area contributed by atoms with Crippen molar-refractivity contribution >= 4 is 52.2 Å². The summed E-state index contributed by atoms with van der Waals surface area (Å²) in [5.74, 6) is -0.429. The summed E-state index contributed by atoms with van der Waals surface area (Å²) in [5.41, 5.74) is 1.23. The molecular formula is C35H38N4O3SSi. The number of pyridine rings is 2. The van der Waals surface area contributed by atoms with Crippen molar-refractivity contribution in [2.75, 3.05) is 5.32 Å². The number of hydrogen-bond donors (Lipinski definition) is 1. The van der Waals surface area contributed by atoms with Gasteiger partial charge in [0, 0.05) is 24.5 Å². The van der Waals surface area contributed by atoms with Gasteiger partial charge < -0.3 is 14.3 Å². The van der Waals surface area contributed by atoms with Gasteiger partial charge in [-0.2, -0.15) is 4.37 Å². The molecule has 0 spiro atoms. The van der Waals surface area contributed by atoms with Crippen LogP contribution in [0, 0.1) is 6.92 Å². The Morgan fingerprint density at radius 1 is 0.955 bits per heavy atom. The van der Waals surface area contributed by atoms with E-state index in [-0.39, 0.29) is 28.2 Å². The fourth-order valence-corrected chi connectivity index (χ4v) is 12.0. The average Bonchev–Trinajstić information content (AvgIpc) is 3.44. The van der Waals surface area contributed by atoms with Crippen molar-refractivity contribution in [1.82, 2.24) is 13.9 Å². The van der Waals surface area contributed by atoms with Gasteiger partial charge in [0.15, 0.2) is 0 Å². The second-order valence-electron chi connectivity index (χ2n) is 12.7. The maximum Gasteiger partial charge on any atom is 0.261 e. The monoisotopic (exact) mass is 622 g/mol. The summed E-state index contributed by atoms with van der Waals surface area (Å²) < 4.78 is 13.7. The van der Waals surface area contributed by atoms with Gasteiger partial charge >= 0.3 is 0 Å². The highest BCUT2D eigenvalue weighted by atomic mass is 32.1. The summed E-state index contributed by atoms with van der Waals surface area (Å²) >= 11 is 1.20. The van der Waals surface area contributed by atoms with E-state index in [2.05, 4.69) is 96.1 Å². The molecule has 3 heterocycles. The number of hydrogen-bond acceptors (Lipinski definition) is 6. The summed E-state index contributed by atoms with van der Waals surface area (Å²) in [6.07, 6.45) is 6.95. The van der Waals surface area contributed by atoms with E-state index in [1.165, 1.54) is 21.9 Å². The van der Waals surface area contributed by atoms with Crippen LogP contribution in [-0.2, 0) is 4.43 Å². The molecule has 0 unspecified atom stereocenters. The maximum atomic E-state index is 13.4. The minimum Gasteiger partial charge on any atom is -0.404 e. The largest absolute Gasteiger partial charge is 0.404 e. The smallest absolute Gasteiger partial charge is 0.261 e. The van der Waals surface area contributed by atoms with Crippen LogP contribution in [0.4, 0.5) is 5.00 Å². The zero-order valence-corrected chi connectivity index (χ0v) is 27.4. The van der Waals surface area contributed by atoms with E-state index in [1.54, 1.807) is 30.6 Å². The van der Waals surface area contributed by atoms with Crippen LogP contribution in [0.15, 0.2) is 96.1 Å². The van der Waals surface area contributed by atoms with Gasteiger partial charge in [-0.05, 0) is 77.8 Å². The Morgan fingerprint density at radius 3 is 2.16 bits per heavy atom. The molecule has 6 rings (SSSR count). The third-order valence-corrected chi connectivity index (χ3v) is 14.6. The third kappa shape index (κ3) is 5.67. The second-order valence-corrected chi connectivity index (χ2v) is 17.7. The number of anilines is 1. The second kappa shape index (κ2) is 12.2. The molecule has 5 aromatic rings. The van der Waals surface area contributed by atoms with Crippen molar-refractivity contribution in [1.29, 1.82) is 0 Å². The number of carbonyl (C=O) groups is 1. The first-order valence-corrected chi connectivity index (χ1v) is 17.9. The average molecular weight is 623 g/mol. The molecule has 9 heteroatoms. The summed E-state index contributed by atoms with van der Waals surface area (Å²) in [6, 6.07) is 26.9. The number of benzene rings is 2. The SMILES string of the molecule is Cc1cc(NC(=O)c2cn([C@H]3CC[C@H](O[Si](c4ccccc4)(c4ccccc4)C(C)(C)C)CC3)c3ncccc3c2=O)sn1. The van der Waals surface area contributed by atoms with Gasteiger partial charge in [0.25, 0.3) is 14.2 Å². The Bertz CT molecular complexity index is 1780. The molecular weight excluding hydrogens is 585 g/mol. The van der Waals surface area contributed by atoms with Crippen LogP contribution in [0.2, 0.25) is 5.04 Å². The molecule has 2 aromatic carbocycles. The van der Waals surface area contributed by atoms with E-state index in [0.717, 1.165) is 31.4 Å². The van der Waals surface area contributed by atoms with E-state index in [1.807, 2.05) is 11.5 Å². The Labute approximate surface area is 263 Å². The number of carbonyl (C=O) groups excluding carboxylic acids is 1. The highest BCUT2D eigenvalue weighted by Gasteiger charge is 2.51.